The van der Waals surface area contributed by atoms with Crippen molar-refractivity contribution in [2.45, 2.75) is 13.0 Å². The third-order valence-corrected chi connectivity index (χ3v) is 2.46. The first kappa shape index (κ1) is 11.0. The molecule has 0 aliphatic rings. The second-order valence-corrected chi connectivity index (χ2v) is 3.66. The molecule has 0 saturated heterocycles. The number of nitrogens with one attached hydrogen (secondary N) is 1. The van der Waals surface area contributed by atoms with Crippen molar-refractivity contribution in [2.75, 3.05) is 13.1 Å². The maximum absolute atomic E-state index is 5.44. The van der Waals surface area contributed by atoms with Crippen LogP contribution in [-0.4, -0.2) is 23.1 Å². The second-order valence-electron chi connectivity index (χ2n) is 3.66. The van der Waals surface area contributed by atoms with Gasteiger partial charge < -0.3 is 11.1 Å². The third kappa shape index (κ3) is 2.53. The lowest BCUT2D eigenvalue weighted by Crippen LogP contribution is -2.18. The number of aromatic nitrogens is 2. The lowest BCUT2D eigenvalue weighted by molar-refractivity contribution is 0.657. The van der Waals surface area contributed by atoms with E-state index in [1.807, 2.05) is 12.1 Å². The van der Waals surface area contributed by atoms with Crippen molar-refractivity contribution in [3.63, 3.8) is 0 Å². The van der Waals surface area contributed by atoms with Gasteiger partial charge in [-0.05, 0) is 31.1 Å². The maximum Gasteiger partial charge on any atom is 0.0931 e. The Morgan fingerprint density at radius 3 is 2.94 bits per heavy atom. The molecule has 4 heteroatoms. The van der Waals surface area contributed by atoms with Gasteiger partial charge >= 0.3 is 0 Å². The van der Waals surface area contributed by atoms with E-state index in [4.69, 9.17) is 5.73 Å². The number of hydrogen-bond donors (Lipinski definition) is 2. The van der Waals surface area contributed by atoms with Crippen LogP contribution in [0.4, 0.5) is 0 Å². The summed E-state index contributed by atoms with van der Waals surface area (Å²) in [5.74, 6) is 0. The van der Waals surface area contributed by atoms with Crippen LogP contribution in [0.1, 0.15) is 12.0 Å². The predicted octanol–water partition coefficient (Wildman–Crippen LogP) is 1.07. The summed E-state index contributed by atoms with van der Waals surface area (Å²) in [6, 6.07) is 6.06. The fourth-order valence-corrected chi connectivity index (χ4v) is 1.65. The van der Waals surface area contributed by atoms with Crippen LogP contribution in [0.15, 0.2) is 30.6 Å². The van der Waals surface area contributed by atoms with E-state index < -0.39 is 0 Å². The maximum atomic E-state index is 5.44. The predicted molar refractivity (Wildman–Crippen MR) is 64.9 cm³/mol. The molecule has 1 heterocycles. The van der Waals surface area contributed by atoms with Crippen LogP contribution in [0.5, 0.6) is 0 Å². The number of rotatable bonds is 5. The Labute approximate surface area is 94.9 Å². The lowest BCUT2D eigenvalue weighted by atomic mass is 10.1. The van der Waals surface area contributed by atoms with Crippen LogP contribution in [-0.2, 0) is 6.54 Å². The molecule has 0 fully saturated rings. The van der Waals surface area contributed by atoms with Gasteiger partial charge in [0.15, 0.2) is 0 Å². The minimum absolute atomic E-state index is 0.725. The Morgan fingerprint density at radius 1 is 1.19 bits per heavy atom. The van der Waals surface area contributed by atoms with E-state index in [0.717, 1.165) is 37.1 Å². The fourth-order valence-electron chi connectivity index (χ4n) is 1.65. The van der Waals surface area contributed by atoms with Gasteiger partial charge in [0, 0.05) is 18.9 Å². The smallest absolute Gasteiger partial charge is 0.0931 e. The normalized spacial score (nSPS) is 10.8. The van der Waals surface area contributed by atoms with Crippen LogP contribution >= 0.6 is 0 Å². The van der Waals surface area contributed by atoms with Gasteiger partial charge in [0.25, 0.3) is 0 Å². The minimum Gasteiger partial charge on any atom is -0.330 e. The summed E-state index contributed by atoms with van der Waals surface area (Å²) in [6.07, 6.45) is 4.44. The van der Waals surface area contributed by atoms with Crippen LogP contribution in [0.25, 0.3) is 11.0 Å². The van der Waals surface area contributed by atoms with E-state index in [1.54, 1.807) is 12.4 Å². The molecule has 0 atom stereocenters. The summed E-state index contributed by atoms with van der Waals surface area (Å²) in [5, 5.41) is 3.35. The molecule has 0 unspecified atom stereocenters. The zero-order valence-electron chi connectivity index (χ0n) is 9.19. The summed E-state index contributed by atoms with van der Waals surface area (Å²) < 4.78 is 0. The topological polar surface area (TPSA) is 63.8 Å². The number of para-hydroxylation sites is 1. The van der Waals surface area contributed by atoms with Gasteiger partial charge in [0.05, 0.1) is 11.0 Å². The molecular weight excluding hydrogens is 200 g/mol. The molecule has 1 aromatic carbocycles. The average Bonchev–Trinajstić information content (AvgIpc) is 2.35. The number of benzene rings is 1. The molecule has 0 aliphatic heterocycles. The molecular formula is C12H16N4. The molecule has 0 aliphatic carbocycles. The lowest BCUT2D eigenvalue weighted by Gasteiger charge is -2.06. The second kappa shape index (κ2) is 5.53. The van der Waals surface area contributed by atoms with Crippen molar-refractivity contribution < 1.29 is 0 Å². The summed E-state index contributed by atoms with van der Waals surface area (Å²) in [5.41, 5.74) is 8.54. The van der Waals surface area contributed by atoms with E-state index in [9.17, 15) is 0 Å². The van der Waals surface area contributed by atoms with E-state index in [1.165, 1.54) is 5.56 Å². The van der Waals surface area contributed by atoms with Crippen molar-refractivity contribution in [1.29, 1.82) is 0 Å². The van der Waals surface area contributed by atoms with Gasteiger partial charge in [-0.2, -0.15) is 0 Å². The number of nitrogens with two attached hydrogens (primary N) is 1. The Morgan fingerprint density at radius 2 is 2.06 bits per heavy atom. The van der Waals surface area contributed by atoms with Crippen LogP contribution in [0.3, 0.4) is 0 Å². The molecule has 0 radical (unpaired) electrons. The highest BCUT2D eigenvalue weighted by atomic mass is 14.9. The average molecular weight is 216 g/mol. The minimum atomic E-state index is 0.725. The summed E-state index contributed by atoms with van der Waals surface area (Å²) in [4.78, 5) is 8.63. The molecule has 3 N–H and O–H groups in total. The quantitative estimate of drug-likeness (QED) is 0.734. The molecule has 0 saturated carbocycles. The summed E-state index contributed by atoms with van der Waals surface area (Å²) in [7, 11) is 0. The Hall–Kier alpha value is -1.52. The standard InChI is InChI=1S/C12H16N4/c13-5-2-6-14-9-10-3-1-4-11-12(10)16-8-7-15-11/h1,3-4,7-8,14H,2,5-6,9,13H2. The molecule has 2 aromatic rings. The Balaban J connectivity index is 2.11. The Bertz CT molecular complexity index is 450. The van der Waals surface area contributed by atoms with Gasteiger partial charge in [-0.25, -0.2) is 0 Å². The van der Waals surface area contributed by atoms with Gasteiger partial charge in [-0.1, -0.05) is 12.1 Å². The monoisotopic (exact) mass is 216 g/mol. The van der Waals surface area contributed by atoms with Crippen molar-refractivity contribution >= 4 is 11.0 Å². The van der Waals surface area contributed by atoms with Crippen molar-refractivity contribution in [3.8, 4) is 0 Å². The van der Waals surface area contributed by atoms with Gasteiger partial charge in [-0.3, -0.25) is 9.97 Å². The van der Waals surface area contributed by atoms with Crippen LogP contribution in [0.2, 0.25) is 0 Å². The highest BCUT2D eigenvalue weighted by Crippen LogP contribution is 2.13. The number of hydrogen-bond acceptors (Lipinski definition) is 4. The van der Waals surface area contributed by atoms with Gasteiger partial charge in [-0.15, -0.1) is 0 Å². The highest BCUT2D eigenvalue weighted by Gasteiger charge is 2.01. The molecule has 4 nitrogen and oxygen atoms in total. The van der Waals surface area contributed by atoms with E-state index in [2.05, 4.69) is 21.4 Å². The van der Waals surface area contributed by atoms with Crippen LogP contribution in [0, 0.1) is 0 Å². The fraction of sp³-hybridized carbons (Fsp3) is 0.333. The molecule has 84 valence electrons. The van der Waals surface area contributed by atoms with Gasteiger partial charge in [0.1, 0.15) is 0 Å². The number of nitrogens with zero attached hydrogens (tertiary/aromatic N) is 2. The largest absolute Gasteiger partial charge is 0.330 e. The number of fused-ring (bicyclic) bond motifs is 1. The molecule has 0 amide bonds. The first-order valence-electron chi connectivity index (χ1n) is 5.51. The molecule has 0 spiro atoms. The zero-order valence-corrected chi connectivity index (χ0v) is 9.19. The summed E-state index contributed by atoms with van der Waals surface area (Å²) >= 11 is 0. The van der Waals surface area contributed by atoms with Crippen molar-refractivity contribution in [2.24, 2.45) is 5.73 Å². The SMILES string of the molecule is NCCCNCc1cccc2nccnc12. The first-order chi connectivity index (χ1) is 7.92. The zero-order chi connectivity index (χ0) is 11.2. The van der Waals surface area contributed by atoms with Crippen molar-refractivity contribution in [1.82, 2.24) is 15.3 Å². The summed E-state index contributed by atoms with van der Waals surface area (Å²) in [6.45, 7) is 2.48. The Kier molecular flexibility index (Phi) is 3.80. The molecule has 0 bridgehead atoms. The van der Waals surface area contributed by atoms with Gasteiger partial charge in [0.2, 0.25) is 0 Å². The van der Waals surface area contributed by atoms with Crippen LogP contribution < -0.4 is 11.1 Å². The third-order valence-electron chi connectivity index (χ3n) is 2.46. The van der Waals surface area contributed by atoms with E-state index in [-0.39, 0.29) is 0 Å². The van der Waals surface area contributed by atoms with E-state index >= 15 is 0 Å². The van der Waals surface area contributed by atoms with Crippen molar-refractivity contribution in [3.05, 3.63) is 36.2 Å². The molecule has 2 rings (SSSR count). The highest BCUT2D eigenvalue weighted by molar-refractivity contribution is 5.77. The molecule has 1 aromatic heterocycles. The first-order valence-corrected chi connectivity index (χ1v) is 5.51. The molecule has 16 heavy (non-hydrogen) atoms. The van der Waals surface area contributed by atoms with E-state index in [0.29, 0.717) is 0 Å².